The molecule has 0 atom stereocenters. The summed E-state index contributed by atoms with van der Waals surface area (Å²) in [4.78, 5) is 27.6. The summed E-state index contributed by atoms with van der Waals surface area (Å²) in [5.41, 5.74) is 3.54. The molecule has 0 aliphatic carbocycles. The van der Waals surface area contributed by atoms with Crippen LogP contribution in [0, 0.1) is 12.8 Å². The average molecular weight is 409 g/mol. The molecule has 5 nitrogen and oxygen atoms in total. The molecule has 1 aliphatic heterocycles. The van der Waals surface area contributed by atoms with Gasteiger partial charge in [-0.05, 0) is 54.5 Å². The Morgan fingerprint density at radius 3 is 2.33 bits per heavy atom. The van der Waals surface area contributed by atoms with E-state index in [1.807, 2.05) is 54.3 Å². The Labute approximate surface area is 179 Å². The first-order valence-electron chi connectivity index (χ1n) is 10.5. The van der Waals surface area contributed by atoms with Gasteiger partial charge in [-0.3, -0.25) is 9.59 Å². The zero-order valence-electron chi connectivity index (χ0n) is 18.6. The summed E-state index contributed by atoms with van der Waals surface area (Å²) in [7, 11) is 1.61. The number of hydrogen-bond acceptors (Lipinski definition) is 3. The first-order chi connectivity index (χ1) is 14.2. The van der Waals surface area contributed by atoms with Gasteiger partial charge in [-0.2, -0.15) is 0 Å². The van der Waals surface area contributed by atoms with Crippen molar-refractivity contribution in [2.45, 2.75) is 46.0 Å². The number of amides is 2. The van der Waals surface area contributed by atoms with Crippen molar-refractivity contribution in [3.8, 4) is 5.75 Å². The lowest BCUT2D eigenvalue weighted by atomic mass is 9.86. The molecule has 0 aromatic heterocycles. The van der Waals surface area contributed by atoms with Gasteiger partial charge in [0.2, 0.25) is 5.91 Å². The number of aryl methyl sites for hydroxylation is 1. The van der Waals surface area contributed by atoms with Crippen LogP contribution in [-0.4, -0.2) is 36.9 Å². The number of anilines is 1. The third kappa shape index (κ3) is 4.84. The van der Waals surface area contributed by atoms with E-state index in [9.17, 15) is 9.59 Å². The molecular weight excluding hydrogens is 376 g/mol. The number of nitrogens with one attached hydrogen (secondary N) is 1. The summed E-state index contributed by atoms with van der Waals surface area (Å²) < 4.78 is 5.44. The quantitative estimate of drug-likeness (QED) is 0.791. The van der Waals surface area contributed by atoms with E-state index in [0.29, 0.717) is 37.4 Å². The Morgan fingerprint density at radius 2 is 1.73 bits per heavy atom. The number of carbonyl (C=O) groups is 2. The molecule has 2 amide bonds. The van der Waals surface area contributed by atoms with E-state index >= 15 is 0 Å². The molecule has 0 saturated carbocycles. The van der Waals surface area contributed by atoms with Crippen LogP contribution in [-0.2, 0) is 10.2 Å². The molecule has 0 bridgehead atoms. The molecule has 5 heteroatoms. The molecule has 0 spiro atoms. The number of ether oxygens (including phenoxy) is 1. The summed E-state index contributed by atoms with van der Waals surface area (Å²) in [5, 5.41) is 3.06. The standard InChI is InChI=1S/C25H32N2O3/c1-17-8-6-7-9-20(17)24(29)27-14-12-18(13-15-27)23(28)26-21-16-19(25(2,3)4)10-11-22(21)30-5/h6-11,16,18H,12-15H2,1-5H3,(H,26,28). The van der Waals surface area contributed by atoms with E-state index in [4.69, 9.17) is 4.74 Å². The second-order valence-corrected chi connectivity index (χ2v) is 9.04. The van der Waals surface area contributed by atoms with Crippen LogP contribution in [0.2, 0.25) is 0 Å². The average Bonchev–Trinajstić information content (AvgIpc) is 2.73. The molecule has 1 aliphatic rings. The maximum Gasteiger partial charge on any atom is 0.254 e. The Morgan fingerprint density at radius 1 is 1.07 bits per heavy atom. The lowest BCUT2D eigenvalue weighted by molar-refractivity contribution is -0.121. The van der Waals surface area contributed by atoms with Crippen molar-refractivity contribution in [1.29, 1.82) is 0 Å². The fourth-order valence-corrected chi connectivity index (χ4v) is 3.83. The highest BCUT2D eigenvalue weighted by atomic mass is 16.5. The third-order valence-corrected chi connectivity index (χ3v) is 5.85. The van der Waals surface area contributed by atoms with Crippen LogP contribution < -0.4 is 10.1 Å². The molecule has 160 valence electrons. The van der Waals surface area contributed by atoms with Gasteiger partial charge in [0.15, 0.2) is 0 Å². The molecule has 1 heterocycles. The molecule has 1 saturated heterocycles. The van der Waals surface area contributed by atoms with Gasteiger partial charge in [0.25, 0.3) is 5.91 Å². The molecule has 0 radical (unpaired) electrons. The highest BCUT2D eigenvalue weighted by molar-refractivity contribution is 5.96. The highest BCUT2D eigenvalue weighted by Crippen LogP contribution is 2.32. The van der Waals surface area contributed by atoms with E-state index in [1.165, 1.54) is 0 Å². The van der Waals surface area contributed by atoms with Crippen molar-refractivity contribution in [3.63, 3.8) is 0 Å². The normalized spacial score (nSPS) is 15.0. The van der Waals surface area contributed by atoms with Gasteiger partial charge in [0.1, 0.15) is 5.75 Å². The number of piperidine rings is 1. The van der Waals surface area contributed by atoms with Gasteiger partial charge in [-0.15, -0.1) is 0 Å². The van der Waals surface area contributed by atoms with Gasteiger partial charge in [-0.1, -0.05) is 45.0 Å². The summed E-state index contributed by atoms with van der Waals surface area (Å²) in [6.07, 6.45) is 1.31. The smallest absolute Gasteiger partial charge is 0.254 e. The van der Waals surface area contributed by atoms with Gasteiger partial charge < -0.3 is 15.0 Å². The van der Waals surface area contributed by atoms with E-state index in [0.717, 1.165) is 16.7 Å². The van der Waals surface area contributed by atoms with Crippen molar-refractivity contribution in [2.75, 3.05) is 25.5 Å². The van der Waals surface area contributed by atoms with E-state index in [2.05, 4.69) is 26.1 Å². The van der Waals surface area contributed by atoms with Gasteiger partial charge in [0, 0.05) is 24.6 Å². The molecule has 3 rings (SSSR count). The summed E-state index contributed by atoms with van der Waals surface area (Å²) in [6.45, 7) is 9.55. The van der Waals surface area contributed by atoms with Crippen LogP contribution in [0.5, 0.6) is 5.75 Å². The molecule has 30 heavy (non-hydrogen) atoms. The number of hydrogen-bond donors (Lipinski definition) is 1. The highest BCUT2D eigenvalue weighted by Gasteiger charge is 2.29. The predicted octanol–water partition coefficient (Wildman–Crippen LogP) is 4.79. The Kier molecular flexibility index (Phi) is 6.49. The minimum absolute atomic E-state index is 0.0117. The molecule has 1 N–H and O–H groups in total. The molecule has 2 aromatic rings. The predicted molar refractivity (Wildman–Crippen MR) is 120 cm³/mol. The Bertz CT molecular complexity index is 922. The molecule has 0 unspecified atom stereocenters. The fraction of sp³-hybridized carbons (Fsp3) is 0.440. The Balaban J connectivity index is 1.65. The lowest BCUT2D eigenvalue weighted by Gasteiger charge is -2.32. The Hall–Kier alpha value is -2.82. The first kappa shape index (κ1) is 21.9. The second-order valence-electron chi connectivity index (χ2n) is 9.04. The van der Waals surface area contributed by atoms with Crippen molar-refractivity contribution < 1.29 is 14.3 Å². The SMILES string of the molecule is COc1ccc(C(C)(C)C)cc1NC(=O)C1CCN(C(=O)c2ccccc2C)CC1. The van der Waals surface area contributed by atoms with Gasteiger partial charge >= 0.3 is 0 Å². The summed E-state index contributed by atoms with van der Waals surface area (Å²) >= 11 is 0. The van der Waals surface area contributed by atoms with Crippen LogP contribution >= 0.6 is 0 Å². The van der Waals surface area contributed by atoms with Crippen molar-refractivity contribution in [1.82, 2.24) is 4.90 Å². The van der Waals surface area contributed by atoms with E-state index in [-0.39, 0.29) is 23.1 Å². The van der Waals surface area contributed by atoms with Gasteiger partial charge in [0.05, 0.1) is 12.8 Å². The number of carbonyl (C=O) groups excluding carboxylic acids is 2. The zero-order valence-corrected chi connectivity index (χ0v) is 18.6. The number of likely N-dealkylation sites (tertiary alicyclic amines) is 1. The largest absolute Gasteiger partial charge is 0.495 e. The van der Waals surface area contributed by atoms with Crippen LogP contribution in [0.3, 0.4) is 0 Å². The van der Waals surface area contributed by atoms with E-state index in [1.54, 1.807) is 7.11 Å². The van der Waals surface area contributed by atoms with Crippen LogP contribution in [0.15, 0.2) is 42.5 Å². The number of nitrogens with zero attached hydrogens (tertiary/aromatic N) is 1. The van der Waals surface area contributed by atoms with Crippen LogP contribution in [0.1, 0.15) is 55.1 Å². The van der Waals surface area contributed by atoms with Crippen LogP contribution in [0.4, 0.5) is 5.69 Å². The van der Waals surface area contributed by atoms with Crippen molar-refractivity contribution in [2.24, 2.45) is 5.92 Å². The summed E-state index contributed by atoms with van der Waals surface area (Å²) in [5.74, 6) is 0.575. The zero-order chi connectivity index (χ0) is 21.9. The second kappa shape index (κ2) is 8.90. The first-order valence-corrected chi connectivity index (χ1v) is 10.5. The maximum atomic E-state index is 12.9. The topological polar surface area (TPSA) is 58.6 Å². The lowest BCUT2D eigenvalue weighted by Crippen LogP contribution is -2.41. The molecular formula is C25H32N2O3. The monoisotopic (exact) mass is 408 g/mol. The number of benzene rings is 2. The minimum Gasteiger partial charge on any atom is -0.495 e. The van der Waals surface area contributed by atoms with Crippen molar-refractivity contribution >= 4 is 17.5 Å². The summed E-state index contributed by atoms with van der Waals surface area (Å²) in [6, 6.07) is 13.6. The molecule has 1 fully saturated rings. The fourth-order valence-electron chi connectivity index (χ4n) is 3.83. The van der Waals surface area contributed by atoms with Crippen molar-refractivity contribution in [3.05, 3.63) is 59.2 Å². The molecule has 2 aromatic carbocycles. The van der Waals surface area contributed by atoms with Gasteiger partial charge in [-0.25, -0.2) is 0 Å². The minimum atomic E-state index is -0.117. The van der Waals surface area contributed by atoms with E-state index < -0.39 is 0 Å². The van der Waals surface area contributed by atoms with Crippen LogP contribution in [0.25, 0.3) is 0 Å². The number of rotatable bonds is 4. The maximum absolute atomic E-state index is 12.9. The third-order valence-electron chi connectivity index (χ3n) is 5.85. The number of methoxy groups -OCH3 is 1.